The number of halogens is 3. The summed E-state index contributed by atoms with van der Waals surface area (Å²) in [6.45, 7) is 3.80. The molecule has 78 valence electrons. The minimum absolute atomic E-state index is 0.291. The molecule has 1 unspecified atom stereocenters. The number of hydrogen-bond donors (Lipinski definition) is 0. The molecular formula is C9H9Cl3O2. The van der Waals surface area contributed by atoms with Crippen LogP contribution >= 0.6 is 34.8 Å². The van der Waals surface area contributed by atoms with Gasteiger partial charge in [-0.15, -0.1) is 6.58 Å². The van der Waals surface area contributed by atoms with Crippen LogP contribution in [0.1, 0.15) is 11.9 Å². The number of alkyl halides is 3. The van der Waals surface area contributed by atoms with Gasteiger partial charge in [0.15, 0.2) is 6.10 Å². The first-order valence-corrected chi connectivity index (χ1v) is 5.01. The Labute approximate surface area is 97.4 Å². The van der Waals surface area contributed by atoms with E-state index in [1.165, 1.54) is 6.26 Å². The van der Waals surface area contributed by atoms with Crippen molar-refractivity contribution in [2.45, 2.75) is 9.90 Å². The fourth-order valence-electron chi connectivity index (χ4n) is 0.943. The Kier molecular flexibility index (Phi) is 4.32. The van der Waals surface area contributed by atoms with E-state index in [2.05, 4.69) is 6.58 Å². The van der Waals surface area contributed by atoms with E-state index in [0.717, 1.165) is 0 Å². The van der Waals surface area contributed by atoms with Gasteiger partial charge in [-0.2, -0.15) is 0 Å². The minimum Gasteiger partial charge on any atom is -0.466 e. The minimum atomic E-state index is -1.55. The Morgan fingerprint density at radius 3 is 2.71 bits per heavy atom. The van der Waals surface area contributed by atoms with E-state index < -0.39 is 9.90 Å². The van der Waals surface area contributed by atoms with Gasteiger partial charge < -0.3 is 9.15 Å². The van der Waals surface area contributed by atoms with Gasteiger partial charge in [0.05, 0.1) is 12.9 Å². The lowest BCUT2D eigenvalue weighted by Crippen LogP contribution is -2.19. The van der Waals surface area contributed by atoms with Crippen molar-refractivity contribution < 1.29 is 9.15 Å². The first-order valence-electron chi connectivity index (χ1n) is 3.88. The molecule has 1 rings (SSSR count). The van der Waals surface area contributed by atoms with Crippen molar-refractivity contribution in [2.75, 3.05) is 6.61 Å². The first-order chi connectivity index (χ1) is 6.55. The summed E-state index contributed by atoms with van der Waals surface area (Å²) >= 11 is 17.2. The van der Waals surface area contributed by atoms with Crippen LogP contribution in [0.2, 0.25) is 0 Å². The molecule has 0 N–H and O–H groups in total. The molecule has 0 fully saturated rings. The number of ether oxygens (including phenoxy) is 1. The fraction of sp³-hybridized carbons (Fsp3) is 0.333. The quantitative estimate of drug-likeness (QED) is 0.601. The van der Waals surface area contributed by atoms with E-state index in [4.69, 9.17) is 44.0 Å². The van der Waals surface area contributed by atoms with Gasteiger partial charge in [0, 0.05) is 0 Å². The third-order valence-electron chi connectivity index (χ3n) is 1.48. The highest BCUT2D eigenvalue weighted by Gasteiger charge is 2.36. The van der Waals surface area contributed by atoms with Crippen LogP contribution in [0.25, 0.3) is 0 Å². The second-order valence-electron chi connectivity index (χ2n) is 2.56. The smallest absolute Gasteiger partial charge is 0.223 e. The van der Waals surface area contributed by atoms with Gasteiger partial charge in [-0.1, -0.05) is 40.9 Å². The van der Waals surface area contributed by atoms with E-state index in [0.29, 0.717) is 12.4 Å². The molecule has 1 aromatic rings. The Balaban J connectivity index is 2.77. The Morgan fingerprint density at radius 1 is 1.57 bits per heavy atom. The van der Waals surface area contributed by atoms with Crippen molar-refractivity contribution in [3.05, 3.63) is 36.8 Å². The molecule has 14 heavy (non-hydrogen) atoms. The molecule has 1 heterocycles. The van der Waals surface area contributed by atoms with Crippen LogP contribution in [-0.4, -0.2) is 10.4 Å². The van der Waals surface area contributed by atoms with Crippen LogP contribution in [0.15, 0.2) is 35.5 Å². The molecule has 0 aliphatic heterocycles. The van der Waals surface area contributed by atoms with Crippen molar-refractivity contribution in [3.8, 4) is 0 Å². The molecule has 0 radical (unpaired) electrons. The third-order valence-corrected chi connectivity index (χ3v) is 2.07. The summed E-state index contributed by atoms with van der Waals surface area (Å²) in [5, 5.41) is 0. The van der Waals surface area contributed by atoms with Crippen LogP contribution in [-0.2, 0) is 4.74 Å². The molecule has 0 saturated carbocycles. The molecular weight excluding hydrogens is 246 g/mol. The molecule has 1 atom stereocenters. The SMILES string of the molecule is C=CCOC(c1ccco1)C(Cl)(Cl)Cl. The van der Waals surface area contributed by atoms with Crippen LogP contribution in [0.5, 0.6) is 0 Å². The van der Waals surface area contributed by atoms with Crippen molar-refractivity contribution in [1.29, 1.82) is 0 Å². The van der Waals surface area contributed by atoms with E-state index in [1.807, 2.05) is 0 Å². The Morgan fingerprint density at radius 2 is 2.29 bits per heavy atom. The average molecular weight is 256 g/mol. The highest BCUT2D eigenvalue weighted by Crippen LogP contribution is 2.42. The summed E-state index contributed by atoms with van der Waals surface area (Å²) in [6.07, 6.45) is 2.35. The maximum Gasteiger partial charge on any atom is 0.223 e. The Bertz CT molecular complexity index is 277. The molecule has 0 saturated heterocycles. The predicted octanol–water partition coefficient (Wildman–Crippen LogP) is 3.89. The highest BCUT2D eigenvalue weighted by molar-refractivity contribution is 6.68. The zero-order chi connectivity index (χ0) is 10.6. The van der Waals surface area contributed by atoms with E-state index in [9.17, 15) is 0 Å². The largest absolute Gasteiger partial charge is 0.466 e. The standard InChI is InChI=1S/C9H9Cl3O2/c1-2-5-14-8(9(10,11)12)7-4-3-6-13-7/h2-4,6,8H,1,5H2. The van der Waals surface area contributed by atoms with Gasteiger partial charge in [0.2, 0.25) is 3.79 Å². The molecule has 0 aromatic carbocycles. The highest BCUT2D eigenvalue weighted by atomic mass is 35.6. The molecule has 0 bridgehead atoms. The molecule has 0 amide bonds. The monoisotopic (exact) mass is 254 g/mol. The third kappa shape index (κ3) is 3.21. The van der Waals surface area contributed by atoms with Gasteiger partial charge in [-0.25, -0.2) is 0 Å². The first kappa shape index (κ1) is 11.9. The van der Waals surface area contributed by atoms with Gasteiger partial charge in [-0.3, -0.25) is 0 Å². The number of furan rings is 1. The molecule has 5 heteroatoms. The summed E-state index contributed by atoms with van der Waals surface area (Å²) < 4.78 is 8.84. The molecule has 0 aliphatic rings. The normalized spacial score (nSPS) is 13.9. The van der Waals surface area contributed by atoms with Crippen LogP contribution in [0, 0.1) is 0 Å². The molecule has 1 aromatic heterocycles. The van der Waals surface area contributed by atoms with Crippen LogP contribution in [0.3, 0.4) is 0 Å². The summed E-state index contributed by atoms with van der Waals surface area (Å²) in [5.74, 6) is 0.479. The summed E-state index contributed by atoms with van der Waals surface area (Å²) in [5.41, 5.74) is 0. The van der Waals surface area contributed by atoms with Crippen molar-refractivity contribution in [1.82, 2.24) is 0 Å². The van der Waals surface area contributed by atoms with E-state index in [1.54, 1.807) is 18.2 Å². The van der Waals surface area contributed by atoms with Crippen LogP contribution < -0.4 is 0 Å². The van der Waals surface area contributed by atoms with Gasteiger partial charge in [0.25, 0.3) is 0 Å². The van der Waals surface area contributed by atoms with Gasteiger partial charge in [0.1, 0.15) is 5.76 Å². The number of rotatable bonds is 4. The second kappa shape index (κ2) is 5.08. The predicted molar refractivity (Wildman–Crippen MR) is 57.9 cm³/mol. The summed E-state index contributed by atoms with van der Waals surface area (Å²) in [7, 11) is 0. The molecule has 0 aliphatic carbocycles. The molecule has 0 spiro atoms. The van der Waals surface area contributed by atoms with E-state index in [-0.39, 0.29) is 0 Å². The van der Waals surface area contributed by atoms with Gasteiger partial charge >= 0.3 is 0 Å². The zero-order valence-electron chi connectivity index (χ0n) is 7.25. The summed E-state index contributed by atoms with van der Waals surface area (Å²) in [4.78, 5) is 0. The van der Waals surface area contributed by atoms with Crippen molar-refractivity contribution >= 4 is 34.8 Å². The lowest BCUT2D eigenvalue weighted by molar-refractivity contribution is 0.0603. The van der Waals surface area contributed by atoms with Gasteiger partial charge in [-0.05, 0) is 12.1 Å². The average Bonchev–Trinajstić information content (AvgIpc) is 2.55. The topological polar surface area (TPSA) is 22.4 Å². The maximum atomic E-state index is 5.74. The van der Waals surface area contributed by atoms with Crippen LogP contribution in [0.4, 0.5) is 0 Å². The molecule has 2 nitrogen and oxygen atoms in total. The van der Waals surface area contributed by atoms with E-state index >= 15 is 0 Å². The van der Waals surface area contributed by atoms with Crippen molar-refractivity contribution in [2.24, 2.45) is 0 Å². The zero-order valence-corrected chi connectivity index (χ0v) is 9.52. The Hall–Kier alpha value is -0.150. The second-order valence-corrected chi connectivity index (χ2v) is 4.93. The lowest BCUT2D eigenvalue weighted by Gasteiger charge is -2.21. The number of hydrogen-bond acceptors (Lipinski definition) is 2. The summed E-state index contributed by atoms with van der Waals surface area (Å²) in [6, 6.07) is 3.39. The fourth-order valence-corrected chi connectivity index (χ4v) is 1.45. The lowest BCUT2D eigenvalue weighted by atomic mass is 10.3. The maximum absolute atomic E-state index is 5.74. The van der Waals surface area contributed by atoms with Crippen molar-refractivity contribution in [3.63, 3.8) is 0 Å².